The summed E-state index contributed by atoms with van der Waals surface area (Å²) in [5, 5.41) is 7.78. The first-order valence-corrected chi connectivity index (χ1v) is 14.2. The Bertz CT molecular complexity index is 1350. The molecular formula is C30H37FN4O3S. The number of ether oxygens (including phenoxy) is 1. The van der Waals surface area contributed by atoms with Crippen molar-refractivity contribution in [2.75, 3.05) is 37.5 Å². The van der Waals surface area contributed by atoms with E-state index >= 15 is 0 Å². The number of anilines is 1. The number of aryl methyl sites for hydroxylation is 1. The number of hydrogen-bond acceptors (Lipinski definition) is 5. The molecular weight excluding hydrogens is 515 g/mol. The van der Waals surface area contributed by atoms with E-state index < -0.39 is 0 Å². The van der Waals surface area contributed by atoms with Crippen LogP contribution in [0.2, 0.25) is 0 Å². The lowest BCUT2D eigenvalue weighted by atomic mass is 9.87. The van der Waals surface area contributed by atoms with Crippen LogP contribution in [0.3, 0.4) is 0 Å². The van der Waals surface area contributed by atoms with Gasteiger partial charge in [0, 0.05) is 31.2 Å². The molecule has 0 bridgehead atoms. The second kappa shape index (κ2) is 11.9. The fourth-order valence-electron chi connectivity index (χ4n) is 4.75. The molecule has 1 unspecified atom stereocenters. The van der Waals surface area contributed by atoms with Crippen molar-refractivity contribution in [2.24, 2.45) is 0 Å². The SMILES string of the molecule is COCCCNC(=O)CN1C(=O)CSC(c2ccc(F)cc2)c2c(C(C)(C)C)nn(-c3cccc(C)c3C)c21. The van der Waals surface area contributed by atoms with Crippen molar-refractivity contribution in [3.05, 3.63) is 76.2 Å². The zero-order chi connectivity index (χ0) is 28.3. The molecule has 3 aromatic rings. The minimum Gasteiger partial charge on any atom is -0.385 e. The Hall–Kier alpha value is -3.17. The van der Waals surface area contributed by atoms with Gasteiger partial charge in [0.2, 0.25) is 11.8 Å². The molecule has 1 atom stereocenters. The number of fused-ring (bicyclic) bond motifs is 1. The van der Waals surface area contributed by atoms with Crippen molar-refractivity contribution >= 4 is 29.4 Å². The van der Waals surface area contributed by atoms with Crippen LogP contribution in [-0.2, 0) is 19.7 Å². The van der Waals surface area contributed by atoms with E-state index in [2.05, 4.69) is 26.1 Å². The summed E-state index contributed by atoms with van der Waals surface area (Å²) in [6.07, 6.45) is 0.679. The van der Waals surface area contributed by atoms with E-state index in [9.17, 15) is 14.0 Å². The molecule has 1 N–H and O–H groups in total. The second-order valence-corrected chi connectivity index (χ2v) is 12.0. The highest BCUT2D eigenvalue weighted by molar-refractivity contribution is 8.00. The van der Waals surface area contributed by atoms with Crippen LogP contribution >= 0.6 is 11.8 Å². The Balaban J connectivity index is 1.94. The highest BCUT2D eigenvalue weighted by Crippen LogP contribution is 2.48. The van der Waals surface area contributed by atoms with Crippen molar-refractivity contribution < 1.29 is 18.7 Å². The van der Waals surface area contributed by atoms with Crippen LogP contribution in [0, 0.1) is 19.7 Å². The van der Waals surface area contributed by atoms with Gasteiger partial charge in [-0.2, -0.15) is 5.10 Å². The number of carbonyl (C=O) groups excluding carboxylic acids is 2. The van der Waals surface area contributed by atoms with E-state index in [1.165, 1.54) is 23.9 Å². The lowest BCUT2D eigenvalue weighted by molar-refractivity contribution is -0.122. The van der Waals surface area contributed by atoms with E-state index in [0.717, 1.165) is 33.6 Å². The van der Waals surface area contributed by atoms with Gasteiger partial charge >= 0.3 is 0 Å². The third kappa shape index (κ3) is 6.20. The molecule has 2 amide bonds. The van der Waals surface area contributed by atoms with Crippen molar-refractivity contribution in [1.29, 1.82) is 0 Å². The van der Waals surface area contributed by atoms with E-state index in [-0.39, 0.29) is 40.6 Å². The number of amides is 2. The van der Waals surface area contributed by atoms with Crippen LogP contribution in [-0.4, -0.2) is 54.2 Å². The second-order valence-electron chi connectivity index (χ2n) is 10.9. The summed E-state index contributed by atoms with van der Waals surface area (Å²) in [6, 6.07) is 12.4. The number of methoxy groups -OCH3 is 1. The maximum absolute atomic E-state index is 13.9. The molecule has 4 rings (SSSR count). The van der Waals surface area contributed by atoms with Crippen LogP contribution in [0.25, 0.3) is 5.69 Å². The zero-order valence-corrected chi connectivity index (χ0v) is 24.3. The van der Waals surface area contributed by atoms with Crippen LogP contribution in [0.15, 0.2) is 42.5 Å². The highest BCUT2D eigenvalue weighted by atomic mass is 32.2. The molecule has 9 heteroatoms. The zero-order valence-electron chi connectivity index (χ0n) is 23.5. The predicted molar refractivity (Wildman–Crippen MR) is 154 cm³/mol. The molecule has 208 valence electrons. The number of nitrogens with one attached hydrogen (secondary N) is 1. The summed E-state index contributed by atoms with van der Waals surface area (Å²) in [5.74, 6) is 0.0170. The van der Waals surface area contributed by atoms with E-state index in [1.54, 1.807) is 24.1 Å². The first-order valence-electron chi connectivity index (χ1n) is 13.2. The van der Waals surface area contributed by atoms with Crippen molar-refractivity contribution in [3.8, 4) is 5.69 Å². The van der Waals surface area contributed by atoms with Gasteiger partial charge in [0.05, 0.1) is 22.4 Å². The highest BCUT2D eigenvalue weighted by Gasteiger charge is 2.40. The third-order valence-corrected chi connectivity index (χ3v) is 8.18. The molecule has 0 aliphatic carbocycles. The van der Waals surface area contributed by atoms with Crippen LogP contribution in [0.1, 0.15) is 60.4 Å². The molecule has 0 saturated heterocycles. The fourth-order valence-corrected chi connectivity index (χ4v) is 5.95. The van der Waals surface area contributed by atoms with E-state index in [1.807, 2.05) is 36.7 Å². The van der Waals surface area contributed by atoms with Gasteiger partial charge < -0.3 is 10.1 Å². The number of aromatic nitrogens is 2. The van der Waals surface area contributed by atoms with Crippen molar-refractivity contribution in [3.63, 3.8) is 0 Å². The fraction of sp³-hybridized carbons (Fsp3) is 0.433. The minimum absolute atomic E-state index is 0.129. The predicted octanol–water partition coefficient (Wildman–Crippen LogP) is 5.25. The number of nitrogens with zero attached hydrogens (tertiary/aromatic N) is 3. The van der Waals surface area contributed by atoms with Gasteiger partial charge in [-0.3, -0.25) is 14.5 Å². The average Bonchev–Trinajstić information content (AvgIpc) is 3.22. The van der Waals surface area contributed by atoms with Crippen molar-refractivity contribution in [2.45, 2.75) is 51.7 Å². The Kier molecular flexibility index (Phi) is 8.81. The van der Waals surface area contributed by atoms with Crippen LogP contribution < -0.4 is 10.2 Å². The maximum atomic E-state index is 13.9. The topological polar surface area (TPSA) is 76.5 Å². The lowest BCUT2D eigenvalue weighted by Gasteiger charge is -2.25. The van der Waals surface area contributed by atoms with Crippen LogP contribution in [0.4, 0.5) is 10.2 Å². The van der Waals surface area contributed by atoms with Gasteiger partial charge in [0.25, 0.3) is 0 Å². The largest absolute Gasteiger partial charge is 0.385 e. The average molecular weight is 553 g/mol. The number of rotatable bonds is 8. The summed E-state index contributed by atoms with van der Waals surface area (Å²) in [6.45, 7) is 11.2. The maximum Gasteiger partial charge on any atom is 0.240 e. The molecule has 2 heterocycles. The summed E-state index contributed by atoms with van der Waals surface area (Å²) in [4.78, 5) is 28.4. The molecule has 1 aromatic heterocycles. The number of benzene rings is 2. The molecule has 1 aliphatic heterocycles. The minimum atomic E-state index is -0.368. The van der Waals surface area contributed by atoms with Crippen LogP contribution in [0.5, 0.6) is 0 Å². The van der Waals surface area contributed by atoms with Gasteiger partial charge in [0.15, 0.2) is 0 Å². The summed E-state index contributed by atoms with van der Waals surface area (Å²) in [5.41, 5.74) is 5.21. The summed E-state index contributed by atoms with van der Waals surface area (Å²) < 4.78 is 20.8. The molecule has 1 aliphatic rings. The summed E-state index contributed by atoms with van der Waals surface area (Å²) in [7, 11) is 1.62. The Morgan fingerprint density at radius 2 is 1.90 bits per heavy atom. The third-order valence-electron chi connectivity index (χ3n) is 6.93. The molecule has 39 heavy (non-hydrogen) atoms. The monoisotopic (exact) mass is 552 g/mol. The smallest absolute Gasteiger partial charge is 0.240 e. The molecule has 2 aromatic carbocycles. The molecule has 7 nitrogen and oxygen atoms in total. The Morgan fingerprint density at radius 3 is 2.56 bits per heavy atom. The van der Waals surface area contributed by atoms with Gasteiger partial charge in [-0.25, -0.2) is 9.07 Å². The van der Waals surface area contributed by atoms with Gasteiger partial charge in [-0.15, -0.1) is 11.8 Å². The lowest BCUT2D eigenvalue weighted by Crippen LogP contribution is -2.42. The number of halogens is 1. The molecule has 0 spiro atoms. The number of thioether (sulfide) groups is 1. The standard InChI is InChI=1S/C30H37FN4O3S/c1-19-9-7-10-23(20(19)2)35-29-26(28(33-35)30(3,4)5)27(21-11-13-22(31)14-12-21)39-18-25(37)34(29)17-24(36)32-15-8-16-38-6/h7,9-14,27H,8,15-18H2,1-6H3,(H,32,36). The van der Waals surface area contributed by atoms with E-state index in [0.29, 0.717) is 25.4 Å². The normalized spacial score (nSPS) is 15.7. The summed E-state index contributed by atoms with van der Waals surface area (Å²) >= 11 is 1.48. The number of carbonyl (C=O) groups is 2. The van der Waals surface area contributed by atoms with E-state index in [4.69, 9.17) is 9.84 Å². The quantitative estimate of drug-likeness (QED) is 0.387. The molecule has 0 radical (unpaired) electrons. The van der Waals surface area contributed by atoms with Gasteiger partial charge in [0.1, 0.15) is 18.2 Å². The Morgan fingerprint density at radius 1 is 1.18 bits per heavy atom. The Labute approximate surface area is 234 Å². The first-order chi connectivity index (χ1) is 18.5. The number of hydrogen-bond donors (Lipinski definition) is 1. The first kappa shape index (κ1) is 28.8. The van der Waals surface area contributed by atoms with Crippen molar-refractivity contribution in [1.82, 2.24) is 15.1 Å². The van der Waals surface area contributed by atoms with Gasteiger partial charge in [-0.1, -0.05) is 45.0 Å². The molecule has 0 fully saturated rings. The molecule has 0 saturated carbocycles. The van der Waals surface area contributed by atoms with Gasteiger partial charge in [-0.05, 0) is 55.2 Å².